The Morgan fingerprint density at radius 1 is 0.966 bits per heavy atom. The van der Waals surface area contributed by atoms with Gasteiger partial charge >= 0.3 is 6.03 Å². The summed E-state index contributed by atoms with van der Waals surface area (Å²) in [6, 6.07) is 14.5. The van der Waals surface area contributed by atoms with E-state index in [-0.39, 0.29) is 12.5 Å². The molecule has 4 amide bonds. The Bertz CT molecular complexity index is 904. The fourth-order valence-electron chi connectivity index (χ4n) is 3.86. The van der Waals surface area contributed by atoms with E-state index in [1.54, 1.807) is 0 Å². The number of para-hydroxylation sites is 1. The van der Waals surface area contributed by atoms with Crippen LogP contribution in [0.2, 0.25) is 0 Å². The molecule has 2 N–H and O–H groups in total. The van der Waals surface area contributed by atoms with E-state index >= 15 is 0 Å². The molecule has 29 heavy (non-hydrogen) atoms. The second-order valence-corrected chi connectivity index (χ2v) is 7.15. The Morgan fingerprint density at radius 3 is 2.14 bits per heavy atom. The minimum absolute atomic E-state index is 0.319. The maximum absolute atomic E-state index is 13.2. The number of hydrogen-bond donors (Lipinski definition) is 2. The second-order valence-electron chi connectivity index (χ2n) is 7.15. The summed E-state index contributed by atoms with van der Waals surface area (Å²) in [4.78, 5) is 39.5. The molecule has 1 aliphatic rings. The Kier molecular flexibility index (Phi) is 6.01. The molecule has 0 spiro atoms. The predicted molar refractivity (Wildman–Crippen MR) is 112 cm³/mol. The van der Waals surface area contributed by atoms with Gasteiger partial charge in [-0.3, -0.25) is 14.5 Å². The van der Waals surface area contributed by atoms with Crippen LogP contribution in [0.5, 0.6) is 0 Å². The zero-order valence-electron chi connectivity index (χ0n) is 17.1. The lowest BCUT2D eigenvalue weighted by atomic mass is 9.87. The molecular formula is C23H27N3O3. The highest BCUT2D eigenvalue weighted by atomic mass is 16.2. The fourth-order valence-corrected chi connectivity index (χ4v) is 3.86. The molecule has 0 radical (unpaired) electrons. The van der Waals surface area contributed by atoms with Crippen LogP contribution in [0.25, 0.3) is 0 Å². The van der Waals surface area contributed by atoms with E-state index < -0.39 is 17.5 Å². The Labute approximate surface area is 171 Å². The van der Waals surface area contributed by atoms with Gasteiger partial charge in [0.15, 0.2) is 0 Å². The molecule has 1 heterocycles. The molecule has 1 fully saturated rings. The number of benzene rings is 2. The van der Waals surface area contributed by atoms with Gasteiger partial charge in [-0.05, 0) is 36.0 Å². The molecule has 1 unspecified atom stereocenters. The minimum atomic E-state index is -1.13. The summed E-state index contributed by atoms with van der Waals surface area (Å²) in [5, 5.41) is 5.73. The Hall–Kier alpha value is -3.15. The Morgan fingerprint density at radius 2 is 1.59 bits per heavy atom. The van der Waals surface area contributed by atoms with Gasteiger partial charge in [0.05, 0.1) is 0 Å². The normalized spacial score (nSPS) is 18.7. The van der Waals surface area contributed by atoms with Crippen molar-refractivity contribution in [1.82, 2.24) is 10.2 Å². The molecule has 152 valence electrons. The number of anilines is 1. The molecule has 0 saturated carbocycles. The summed E-state index contributed by atoms with van der Waals surface area (Å²) in [5.74, 6) is -0.782. The van der Waals surface area contributed by atoms with Crippen molar-refractivity contribution < 1.29 is 14.4 Å². The number of aryl methyl sites for hydroxylation is 2. The van der Waals surface area contributed by atoms with Gasteiger partial charge in [0.1, 0.15) is 12.1 Å². The zero-order chi connectivity index (χ0) is 21.0. The number of nitrogens with one attached hydrogen (secondary N) is 2. The van der Waals surface area contributed by atoms with Crippen molar-refractivity contribution >= 4 is 23.5 Å². The number of hydrogen-bond acceptors (Lipinski definition) is 3. The van der Waals surface area contributed by atoms with E-state index in [2.05, 4.69) is 10.6 Å². The topological polar surface area (TPSA) is 78.5 Å². The van der Waals surface area contributed by atoms with Gasteiger partial charge in [-0.25, -0.2) is 4.79 Å². The van der Waals surface area contributed by atoms with E-state index in [1.807, 2.05) is 69.3 Å². The maximum atomic E-state index is 13.2. The van der Waals surface area contributed by atoms with E-state index in [0.29, 0.717) is 12.0 Å². The van der Waals surface area contributed by atoms with Crippen molar-refractivity contribution in [2.75, 3.05) is 11.9 Å². The first-order valence-corrected chi connectivity index (χ1v) is 10.1. The monoisotopic (exact) mass is 393 g/mol. The molecule has 3 rings (SSSR count). The average molecular weight is 393 g/mol. The molecule has 1 aliphatic heterocycles. The molecule has 0 bridgehead atoms. The molecule has 1 saturated heterocycles. The molecule has 6 nitrogen and oxygen atoms in total. The van der Waals surface area contributed by atoms with Crippen molar-refractivity contribution in [2.24, 2.45) is 0 Å². The summed E-state index contributed by atoms with van der Waals surface area (Å²) in [6.45, 7) is 5.58. The number of amides is 4. The lowest BCUT2D eigenvalue weighted by Gasteiger charge is -2.25. The van der Waals surface area contributed by atoms with Crippen LogP contribution < -0.4 is 10.6 Å². The van der Waals surface area contributed by atoms with Crippen molar-refractivity contribution in [1.29, 1.82) is 0 Å². The standard InChI is InChI=1S/C23H27N3O3/c1-4-16-11-10-12-17(5-2)20(16)24-19(27)15-26-21(28)23(6-3,25-22(26)29)18-13-8-7-9-14-18/h7-14H,4-6,15H2,1-3H3,(H,24,27)(H,25,29). The van der Waals surface area contributed by atoms with Gasteiger partial charge in [-0.15, -0.1) is 0 Å². The zero-order valence-corrected chi connectivity index (χ0v) is 17.1. The lowest BCUT2D eigenvalue weighted by Crippen LogP contribution is -2.44. The summed E-state index contributed by atoms with van der Waals surface area (Å²) < 4.78 is 0. The van der Waals surface area contributed by atoms with E-state index in [1.165, 1.54) is 0 Å². The van der Waals surface area contributed by atoms with Crippen molar-refractivity contribution in [2.45, 2.75) is 45.6 Å². The molecule has 0 aliphatic carbocycles. The largest absolute Gasteiger partial charge is 0.325 e. The number of nitrogens with zero attached hydrogens (tertiary/aromatic N) is 1. The molecule has 0 aromatic heterocycles. The summed E-state index contributed by atoms with van der Waals surface area (Å²) in [6.07, 6.45) is 1.96. The van der Waals surface area contributed by atoms with Crippen LogP contribution >= 0.6 is 0 Å². The van der Waals surface area contributed by atoms with Crippen molar-refractivity contribution in [3.63, 3.8) is 0 Å². The Balaban J connectivity index is 1.82. The van der Waals surface area contributed by atoms with E-state index in [0.717, 1.165) is 34.6 Å². The van der Waals surface area contributed by atoms with E-state index in [9.17, 15) is 14.4 Å². The summed E-state index contributed by atoms with van der Waals surface area (Å²) in [7, 11) is 0. The van der Waals surface area contributed by atoms with Gasteiger partial charge < -0.3 is 10.6 Å². The maximum Gasteiger partial charge on any atom is 0.325 e. The van der Waals surface area contributed by atoms with E-state index in [4.69, 9.17) is 0 Å². The second kappa shape index (κ2) is 8.47. The highest BCUT2D eigenvalue weighted by Crippen LogP contribution is 2.32. The number of imide groups is 1. The first kappa shape index (κ1) is 20.6. The average Bonchev–Trinajstić information content (AvgIpc) is 2.99. The SMILES string of the molecule is CCc1cccc(CC)c1NC(=O)CN1C(=O)NC(CC)(c2ccccc2)C1=O. The lowest BCUT2D eigenvalue weighted by molar-refractivity contribution is -0.134. The van der Waals surface area contributed by atoms with Gasteiger partial charge in [0, 0.05) is 5.69 Å². The molecule has 1 atom stereocenters. The number of rotatable bonds is 7. The molecular weight excluding hydrogens is 366 g/mol. The van der Waals surface area contributed by atoms with Crippen LogP contribution in [-0.4, -0.2) is 29.3 Å². The number of carbonyl (C=O) groups excluding carboxylic acids is 3. The van der Waals surface area contributed by atoms with Crippen molar-refractivity contribution in [3.05, 3.63) is 65.2 Å². The first-order valence-electron chi connectivity index (χ1n) is 10.1. The van der Waals surface area contributed by atoms with Crippen molar-refractivity contribution in [3.8, 4) is 0 Å². The van der Waals surface area contributed by atoms with Crippen LogP contribution in [0.15, 0.2) is 48.5 Å². The fraction of sp³-hybridized carbons (Fsp3) is 0.348. The minimum Gasteiger partial charge on any atom is -0.324 e. The third-order valence-electron chi connectivity index (χ3n) is 5.54. The van der Waals surface area contributed by atoms with Crippen LogP contribution in [-0.2, 0) is 28.0 Å². The van der Waals surface area contributed by atoms with Crippen LogP contribution in [0.4, 0.5) is 10.5 Å². The third-order valence-corrected chi connectivity index (χ3v) is 5.54. The smallest absolute Gasteiger partial charge is 0.324 e. The summed E-state index contributed by atoms with van der Waals surface area (Å²) in [5.41, 5.74) is 2.42. The van der Waals surface area contributed by atoms with Crippen LogP contribution in [0.3, 0.4) is 0 Å². The predicted octanol–water partition coefficient (Wildman–Crippen LogP) is 3.61. The highest BCUT2D eigenvalue weighted by molar-refractivity contribution is 6.10. The third kappa shape index (κ3) is 3.75. The number of carbonyl (C=O) groups is 3. The van der Waals surface area contributed by atoms with Crippen LogP contribution in [0.1, 0.15) is 43.9 Å². The quantitative estimate of drug-likeness (QED) is 0.706. The first-order chi connectivity index (χ1) is 14.0. The van der Waals surface area contributed by atoms with Gasteiger partial charge in [-0.1, -0.05) is 69.3 Å². The summed E-state index contributed by atoms with van der Waals surface area (Å²) >= 11 is 0. The molecule has 6 heteroatoms. The van der Waals surface area contributed by atoms with Gasteiger partial charge in [-0.2, -0.15) is 0 Å². The van der Waals surface area contributed by atoms with Crippen LogP contribution in [0, 0.1) is 0 Å². The number of urea groups is 1. The highest BCUT2D eigenvalue weighted by Gasteiger charge is 2.51. The molecule has 2 aromatic carbocycles. The molecule has 2 aromatic rings. The van der Waals surface area contributed by atoms with Gasteiger partial charge in [0.25, 0.3) is 5.91 Å². The van der Waals surface area contributed by atoms with Gasteiger partial charge in [0.2, 0.25) is 5.91 Å².